The van der Waals surface area contributed by atoms with Crippen LogP contribution >= 0.6 is 0 Å². The summed E-state index contributed by atoms with van der Waals surface area (Å²) in [5.74, 6) is 6.88. The maximum Gasteiger partial charge on any atom is 0.406 e. The molecule has 0 amide bonds. The Kier molecular flexibility index (Phi) is 20.1. The van der Waals surface area contributed by atoms with E-state index in [4.69, 9.17) is 34.9 Å². The van der Waals surface area contributed by atoms with Crippen molar-refractivity contribution >= 4 is 22.3 Å². The number of rotatable bonds is 29. The number of anilines is 2. The van der Waals surface area contributed by atoms with E-state index in [9.17, 15) is 13.2 Å². The van der Waals surface area contributed by atoms with Gasteiger partial charge in [-0.05, 0) is 102 Å². The van der Waals surface area contributed by atoms with Crippen LogP contribution in [0.2, 0.25) is 0 Å². The van der Waals surface area contributed by atoms with Crippen LogP contribution in [0.4, 0.5) is 24.5 Å². The van der Waals surface area contributed by atoms with Crippen molar-refractivity contribution in [2.45, 2.75) is 90.1 Å². The van der Waals surface area contributed by atoms with Gasteiger partial charge >= 0.3 is 6.18 Å². The number of nitrogens with one attached hydrogen (secondary N) is 2. The molecule has 63 heavy (non-hydrogen) atoms. The van der Waals surface area contributed by atoms with Crippen LogP contribution in [0.1, 0.15) is 64.7 Å². The van der Waals surface area contributed by atoms with E-state index >= 15 is 0 Å². The molecule has 0 saturated heterocycles. The average molecular weight is 887 g/mol. The molecule has 1 aliphatic carbocycles. The van der Waals surface area contributed by atoms with E-state index in [1.807, 2.05) is 18.2 Å². The Morgan fingerprint density at radius 2 is 1.60 bits per heavy atom. The number of hydrazine groups is 1. The minimum atomic E-state index is -4.46. The zero-order valence-corrected chi connectivity index (χ0v) is 37.5. The molecule has 0 atom stereocenters. The number of hydrogen-bond acceptors (Lipinski definition) is 14. The largest absolute Gasteiger partial charge is 0.487 e. The Morgan fingerprint density at radius 1 is 0.905 bits per heavy atom. The standard InChI is InChI=1S/C45H69F3N10O5/c1-5-7-8-20-56(6-2)21-23-59-25-27-61-28-26-60-24-22-57(50)31-34(49)32-62-38-18-14-35(15-19-38)51-30-43-53-54-44(63-43)42-29-39-40(52-36-12-16-37(17-13-36)55(3)4)10-9-11-41(39)58(42)33-45(46,47)48/h9-11,14-15,18-19,29,31,36-37,51-52H,5-8,12-13,16-17,20-28,30,32-33,49-50H2,1-4H3/b34-31-. The summed E-state index contributed by atoms with van der Waals surface area (Å²) in [4.78, 5) is 4.67. The van der Waals surface area contributed by atoms with Gasteiger partial charge < -0.3 is 59.1 Å². The summed E-state index contributed by atoms with van der Waals surface area (Å²) in [7, 11) is 4.19. The number of ether oxygens (including phenoxy) is 4. The van der Waals surface area contributed by atoms with Crippen molar-refractivity contribution in [1.82, 2.24) is 29.6 Å². The highest BCUT2D eigenvalue weighted by Gasteiger charge is 2.32. The molecule has 0 spiro atoms. The Bertz CT molecular complexity index is 1930. The number of unbranched alkanes of at least 4 members (excludes halogenated alkanes) is 2. The van der Waals surface area contributed by atoms with E-state index in [2.05, 4.69) is 58.6 Å². The van der Waals surface area contributed by atoms with Crippen LogP contribution in [0.3, 0.4) is 0 Å². The number of alkyl halides is 3. The summed E-state index contributed by atoms with van der Waals surface area (Å²) in [6.07, 6.45) is 4.95. The molecule has 0 unspecified atom stereocenters. The first-order valence-electron chi connectivity index (χ1n) is 22.3. The number of aromatic nitrogens is 3. The van der Waals surface area contributed by atoms with Gasteiger partial charge in [0.05, 0.1) is 63.9 Å². The molecule has 2 aromatic carbocycles. The van der Waals surface area contributed by atoms with E-state index in [0.29, 0.717) is 74.6 Å². The maximum atomic E-state index is 13.9. The Hall–Kier alpha value is -4.59. The molecule has 6 N–H and O–H groups in total. The summed E-state index contributed by atoms with van der Waals surface area (Å²) in [6.45, 7) is 10.2. The first kappa shape index (κ1) is 49.4. The molecule has 0 radical (unpaired) electrons. The second-order valence-electron chi connectivity index (χ2n) is 16.2. The molecule has 0 bridgehead atoms. The van der Waals surface area contributed by atoms with Crippen molar-refractivity contribution < 1.29 is 36.5 Å². The van der Waals surface area contributed by atoms with Gasteiger partial charge in [-0.15, -0.1) is 10.2 Å². The number of nitrogens with zero attached hydrogens (tertiary/aromatic N) is 6. The van der Waals surface area contributed by atoms with Gasteiger partial charge in [0.25, 0.3) is 5.89 Å². The van der Waals surface area contributed by atoms with Crippen molar-refractivity contribution in [2.24, 2.45) is 11.6 Å². The van der Waals surface area contributed by atoms with Crippen LogP contribution in [0.15, 0.2) is 64.8 Å². The van der Waals surface area contributed by atoms with Crippen LogP contribution in [0, 0.1) is 0 Å². The van der Waals surface area contributed by atoms with E-state index in [-0.39, 0.29) is 36.7 Å². The molecule has 4 aromatic rings. The number of likely N-dealkylation sites (N-methyl/N-ethyl adjacent to an activating group) is 1. The number of fused-ring (bicyclic) bond motifs is 1. The SMILES string of the molecule is CCCCCN(CC)CCOCCOCCOCCN(N)/C=C(\N)COc1ccc(NCc2nnc(-c3cc4c(NC5CCC(N(C)C)CC5)cccc4n3CC(F)(F)F)o2)cc1. The molecule has 15 nitrogen and oxygen atoms in total. The summed E-state index contributed by atoms with van der Waals surface area (Å²) in [5.41, 5.74) is 8.74. The molecule has 2 aromatic heterocycles. The molecule has 5 rings (SSSR count). The van der Waals surface area contributed by atoms with Gasteiger partial charge in [0.15, 0.2) is 0 Å². The molecule has 1 saturated carbocycles. The fourth-order valence-corrected chi connectivity index (χ4v) is 7.57. The second kappa shape index (κ2) is 25.6. The van der Waals surface area contributed by atoms with Crippen molar-refractivity contribution in [3.05, 3.63) is 66.3 Å². The summed E-state index contributed by atoms with van der Waals surface area (Å²) in [6, 6.07) is 15.0. The summed E-state index contributed by atoms with van der Waals surface area (Å²) in [5, 5.41) is 17.2. The van der Waals surface area contributed by atoms with Crippen molar-refractivity contribution in [1.29, 1.82) is 0 Å². The van der Waals surface area contributed by atoms with Crippen LogP contribution in [0.5, 0.6) is 5.75 Å². The van der Waals surface area contributed by atoms with Gasteiger partial charge in [0.2, 0.25) is 5.89 Å². The van der Waals surface area contributed by atoms with Crippen molar-refractivity contribution in [2.75, 3.05) is 97.2 Å². The van der Waals surface area contributed by atoms with E-state index in [1.165, 1.54) is 28.8 Å². The summed E-state index contributed by atoms with van der Waals surface area (Å²) >= 11 is 0. The molecule has 1 fully saturated rings. The Balaban J connectivity index is 1.01. The van der Waals surface area contributed by atoms with Crippen molar-refractivity contribution in [3.63, 3.8) is 0 Å². The lowest BCUT2D eigenvalue weighted by atomic mass is 9.90. The zero-order valence-electron chi connectivity index (χ0n) is 37.5. The number of benzene rings is 2. The number of nitrogens with two attached hydrogens (primary N) is 2. The van der Waals surface area contributed by atoms with Crippen LogP contribution in [-0.2, 0) is 27.3 Å². The molecular weight excluding hydrogens is 818 g/mol. The topological polar surface area (TPSA) is 167 Å². The average Bonchev–Trinajstić information content (AvgIpc) is 3.88. The van der Waals surface area contributed by atoms with E-state index < -0.39 is 12.7 Å². The molecule has 18 heteroatoms. The number of halogens is 3. The molecule has 0 aliphatic heterocycles. The van der Waals surface area contributed by atoms with Crippen LogP contribution in [0.25, 0.3) is 22.5 Å². The minimum absolute atomic E-state index is 0.00646. The van der Waals surface area contributed by atoms with Crippen molar-refractivity contribution in [3.8, 4) is 17.3 Å². The van der Waals surface area contributed by atoms with Gasteiger partial charge in [-0.3, -0.25) is 0 Å². The van der Waals surface area contributed by atoms with Gasteiger partial charge in [-0.25, -0.2) is 5.84 Å². The molecular formula is C45H69F3N10O5. The minimum Gasteiger partial charge on any atom is -0.487 e. The highest BCUT2D eigenvalue weighted by molar-refractivity contribution is 5.96. The molecule has 1 aliphatic rings. The normalized spacial score (nSPS) is 16.1. The highest BCUT2D eigenvalue weighted by Crippen LogP contribution is 2.36. The lowest BCUT2D eigenvalue weighted by Crippen LogP contribution is -2.36. The third-order valence-electron chi connectivity index (χ3n) is 11.1. The first-order valence-corrected chi connectivity index (χ1v) is 22.3. The maximum absolute atomic E-state index is 13.9. The molecule has 350 valence electrons. The third-order valence-corrected chi connectivity index (χ3v) is 11.1. The van der Waals surface area contributed by atoms with Crippen LogP contribution in [-0.4, -0.2) is 134 Å². The fraction of sp³-hybridized carbons (Fsp3) is 0.600. The first-order chi connectivity index (χ1) is 30.4. The van der Waals surface area contributed by atoms with E-state index in [1.54, 1.807) is 36.5 Å². The Labute approximate surface area is 370 Å². The lowest BCUT2D eigenvalue weighted by molar-refractivity contribution is -0.139. The monoisotopic (exact) mass is 887 g/mol. The third kappa shape index (κ3) is 16.8. The summed E-state index contributed by atoms with van der Waals surface area (Å²) < 4.78 is 71.6. The predicted molar refractivity (Wildman–Crippen MR) is 241 cm³/mol. The zero-order chi connectivity index (χ0) is 45.0. The number of hydrogen-bond donors (Lipinski definition) is 4. The van der Waals surface area contributed by atoms with Crippen LogP contribution < -0.4 is 26.9 Å². The van der Waals surface area contributed by atoms with E-state index in [0.717, 1.165) is 56.7 Å². The van der Waals surface area contributed by atoms with Gasteiger partial charge in [0, 0.05) is 41.6 Å². The molecule has 2 heterocycles. The smallest absolute Gasteiger partial charge is 0.406 e. The van der Waals surface area contributed by atoms with Gasteiger partial charge in [-0.2, -0.15) is 13.2 Å². The Morgan fingerprint density at radius 3 is 2.27 bits per heavy atom. The lowest BCUT2D eigenvalue weighted by Gasteiger charge is -2.33. The van der Waals surface area contributed by atoms with Gasteiger partial charge in [0.1, 0.15) is 24.6 Å². The second-order valence-corrected chi connectivity index (χ2v) is 16.2. The van der Waals surface area contributed by atoms with Gasteiger partial charge in [-0.1, -0.05) is 32.8 Å². The predicted octanol–water partition coefficient (Wildman–Crippen LogP) is 7.07. The fourth-order valence-electron chi connectivity index (χ4n) is 7.57. The highest BCUT2D eigenvalue weighted by atomic mass is 19.4. The quantitative estimate of drug-likeness (QED) is 0.0249.